The van der Waals surface area contributed by atoms with Crippen molar-refractivity contribution in [1.82, 2.24) is 20.0 Å². The minimum absolute atomic E-state index is 0. The fraction of sp³-hybridized carbons (Fsp3) is 0.364. The number of aromatic nitrogens is 2. The van der Waals surface area contributed by atoms with E-state index in [-0.39, 0.29) is 36.3 Å². The lowest BCUT2D eigenvalue weighted by Crippen LogP contribution is -2.38. The summed E-state index contributed by atoms with van der Waals surface area (Å²) in [4.78, 5) is 9.17. The number of nitrogens with zero attached hydrogens (tertiary/aromatic N) is 3. The van der Waals surface area contributed by atoms with Crippen LogP contribution in [0, 0.1) is 6.92 Å². The maximum Gasteiger partial charge on any atom is 0.387 e. The van der Waals surface area contributed by atoms with Crippen molar-refractivity contribution in [2.75, 3.05) is 20.2 Å². The number of benzene rings is 1. The number of aliphatic imine (C=N–C) groups is 1. The summed E-state index contributed by atoms with van der Waals surface area (Å²) in [5.74, 6) is 1.20. The lowest BCUT2D eigenvalue weighted by molar-refractivity contribution is -0.0504. The lowest BCUT2D eigenvalue weighted by Gasteiger charge is -2.13. The molecule has 10 heteroatoms. The van der Waals surface area contributed by atoms with Crippen LogP contribution in [0.1, 0.15) is 23.7 Å². The van der Waals surface area contributed by atoms with Gasteiger partial charge >= 0.3 is 6.61 Å². The third-order valence-corrected chi connectivity index (χ3v) is 4.64. The van der Waals surface area contributed by atoms with Crippen LogP contribution in [-0.4, -0.2) is 42.2 Å². The van der Waals surface area contributed by atoms with E-state index in [4.69, 9.17) is 4.74 Å². The van der Waals surface area contributed by atoms with Crippen molar-refractivity contribution in [2.45, 2.75) is 33.4 Å². The zero-order valence-corrected chi connectivity index (χ0v) is 20.6. The van der Waals surface area contributed by atoms with E-state index < -0.39 is 6.61 Å². The molecule has 0 aliphatic rings. The van der Waals surface area contributed by atoms with Crippen molar-refractivity contribution in [3.05, 3.63) is 59.5 Å². The molecule has 0 saturated carbocycles. The molecular formula is C22H28F2IN5O2. The van der Waals surface area contributed by atoms with Crippen LogP contribution in [0.25, 0.3) is 5.65 Å². The number of alkyl halides is 2. The largest absolute Gasteiger partial charge is 0.497 e. The highest BCUT2D eigenvalue weighted by Crippen LogP contribution is 2.26. The summed E-state index contributed by atoms with van der Waals surface area (Å²) in [7, 11) is 1.52. The predicted octanol–water partition coefficient (Wildman–Crippen LogP) is 4.17. The fourth-order valence-electron chi connectivity index (χ4n) is 3.16. The normalized spacial score (nSPS) is 11.4. The summed E-state index contributed by atoms with van der Waals surface area (Å²) in [6.45, 7) is 2.52. The maximum absolute atomic E-state index is 12.7. The summed E-state index contributed by atoms with van der Waals surface area (Å²) in [6, 6.07) is 8.70. The summed E-state index contributed by atoms with van der Waals surface area (Å²) in [6.07, 6.45) is 4.70. The Morgan fingerprint density at radius 1 is 1.25 bits per heavy atom. The van der Waals surface area contributed by atoms with Gasteiger partial charge in [0.25, 0.3) is 0 Å². The van der Waals surface area contributed by atoms with E-state index in [9.17, 15) is 8.78 Å². The SMILES string of the molecule is CCNC(=NCc1cc(OC)ccc1OC(F)F)NCCc1cn2cccc(C)c2n1.I. The molecule has 0 bridgehead atoms. The maximum atomic E-state index is 12.7. The molecule has 7 nitrogen and oxygen atoms in total. The first kappa shape index (κ1) is 25.6. The van der Waals surface area contributed by atoms with Crippen LogP contribution in [0.5, 0.6) is 11.5 Å². The first-order valence-electron chi connectivity index (χ1n) is 10.1. The number of nitrogens with one attached hydrogen (secondary N) is 2. The second-order valence-electron chi connectivity index (χ2n) is 6.88. The van der Waals surface area contributed by atoms with Crippen LogP contribution in [-0.2, 0) is 13.0 Å². The zero-order valence-electron chi connectivity index (χ0n) is 18.3. The van der Waals surface area contributed by atoms with E-state index in [0.29, 0.717) is 36.8 Å². The number of pyridine rings is 1. The van der Waals surface area contributed by atoms with E-state index in [2.05, 4.69) is 25.3 Å². The number of aryl methyl sites for hydroxylation is 1. The zero-order chi connectivity index (χ0) is 22.2. The highest BCUT2D eigenvalue weighted by Gasteiger charge is 2.11. The van der Waals surface area contributed by atoms with Crippen LogP contribution in [0.4, 0.5) is 8.78 Å². The molecule has 0 aliphatic heterocycles. The van der Waals surface area contributed by atoms with Gasteiger partial charge < -0.3 is 24.5 Å². The number of ether oxygens (including phenoxy) is 2. The van der Waals surface area contributed by atoms with Gasteiger partial charge in [-0.3, -0.25) is 0 Å². The minimum Gasteiger partial charge on any atom is -0.497 e. The summed E-state index contributed by atoms with van der Waals surface area (Å²) >= 11 is 0. The molecule has 32 heavy (non-hydrogen) atoms. The van der Waals surface area contributed by atoms with E-state index in [0.717, 1.165) is 16.9 Å². The van der Waals surface area contributed by atoms with Crippen molar-refractivity contribution >= 4 is 35.6 Å². The molecule has 0 unspecified atom stereocenters. The van der Waals surface area contributed by atoms with Gasteiger partial charge in [0, 0.05) is 37.5 Å². The van der Waals surface area contributed by atoms with Crippen molar-refractivity contribution in [3.8, 4) is 11.5 Å². The molecule has 1 aromatic carbocycles. The molecule has 0 radical (unpaired) electrons. The molecule has 2 heterocycles. The molecular weight excluding hydrogens is 531 g/mol. The second-order valence-corrected chi connectivity index (χ2v) is 6.88. The quantitative estimate of drug-likeness (QED) is 0.234. The number of imidazole rings is 1. The number of rotatable bonds is 9. The van der Waals surface area contributed by atoms with Crippen molar-refractivity contribution in [3.63, 3.8) is 0 Å². The summed E-state index contributed by atoms with van der Waals surface area (Å²) < 4.78 is 37.2. The van der Waals surface area contributed by atoms with Crippen LogP contribution in [0.3, 0.4) is 0 Å². The Balaban J connectivity index is 0.00000363. The number of hydrogen-bond acceptors (Lipinski definition) is 4. The van der Waals surface area contributed by atoms with Gasteiger partial charge in [0.15, 0.2) is 5.96 Å². The first-order chi connectivity index (χ1) is 15.0. The lowest BCUT2D eigenvalue weighted by atomic mass is 10.2. The molecule has 0 saturated heterocycles. The summed E-state index contributed by atoms with van der Waals surface area (Å²) in [5, 5.41) is 6.41. The van der Waals surface area contributed by atoms with E-state index in [1.165, 1.54) is 13.2 Å². The number of hydrogen-bond donors (Lipinski definition) is 2. The van der Waals surface area contributed by atoms with Gasteiger partial charge in [-0.25, -0.2) is 9.98 Å². The standard InChI is InChI=1S/C22H27F2N5O2.HI/c1-4-25-22(26-10-9-17-14-29-11-5-6-15(2)20(29)28-17)27-13-16-12-18(30-3)7-8-19(16)31-21(23)24;/h5-8,11-12,14,21H,4,9-10,13H2,1-3H3,(H2,25,26,27);1H. The van der Waals surface area contributed by atoms with E-state index in [1.54, 1.807) is 12.1 Å². The van der Waals surface area contributed by atoms with Gasteiger partial charge in [-0.05, 0) is 43.7 Å². The Morgan fingerprint density at radius 2 is 2.06 bits per heavy atom. The number of guanidine groups is 1. The van der Waals surface area contributed by atoms with Gasteiger partial charge in [-0.2, -0.15) is 8.78 Å². The van der Waals surface area contributed by atoms with Crippen molar-refractivity contribution < 1.29 is 18.3 Å². The highest BCUT2D eigenvalue weighted by atomic mass is 127. The highest BCUT2D eigenvalue weighted by molar-refractivity contribution is 14.0. The third-order valence-electron chi connectivity index (χ3n) is 4.64. The Bertz CT molecular complexity index is 1040. The van der Waals surface area contributed by atoms with Crippen LogP contribution in [0.2, 0.25) is 0 Å². The van der Waals surface area contributed by atoms with Crippen LogP contribution >= 0.6 is 24.0 Å². The second kappa shape index (κ2) is 12.4. The van der Waals surface area contributed by atoms with E-state index >= 15 is 0 Å². The number of halogens is 3. The molecule has 0 atom stereocenters. The Kier molecular flexibility index (Phi) is 9.95. The average molecular weight is 559 g/mol. The van der Waals surface area contributed by atoms with Crippen molar-refractivity contribution in [2.24, 2.45) is 4.99 Å². The summed E-state index contributed by atoms with van der Waals surface area (Å²) in [5.41, 5.74) is 3.55. The number of methoxy groups -OCH3 is 1. The van der Waals surface area contributed by atoms with Gasteiger partial charge in [-0.15, -0.1) is 24.0 Å². The topological polar surface area (TPSA) is 72.2 Å². The molecule has 3 rings (SSSR count). The Morgan fingerprint density at radius 3 is 2.75 bits per heavy atom. The fourth-order valence-corrected chi connectivity index (χ4v) is 3.16. The molecule has 0 fully saturated rings. The Hall–Kier alpha value is -2.63. The van der Waals surface area contributed by atoms with Gasteiger partial charge in [0.2, 0.25) is 0 Å². The molecule has 0 spiro atoms. The Labute approximate surface area is 203 Å². The van der Waals surface area contributed by atoms with Gasteiger partial charge in [0.05, 0.1) is 19.3 Å². The first-order valence-corrected chi connectivity index (χ1v) is 10.1. The smallest absolute Gasteiger partial charge is 0.387 e. The molecule has 3 aromatic rings. The third kappa shape index (κ3) is 6.94. The predicted molar refractivity (Wildman–Crippen MR) is 131 cm³/mol. The number of fused-ring (bicyclic) bond motifs is 1. The monoisotopic (exact) mass is 559 g/mol. The molecule has 174 valence electrons. The average Bonchev–Trinajstić information content (AvgIpc) is 3.17. The van der Waals surface area contributed by atoms with Crippen molar-refractivity contribution in [1.29, 1.82) is 0 Å². The molecule has 2 aromatic heterocycles. The molecule has 0 amide bonds. The van der Waals surface area contributed by atoms with Gasteiger partial charge in [-0.1, -0.05) is 6.07 Å². The van der Waals surface area contributed by atoms with E-state index in [1.807, 2.05) is 42.8 Å². The minimum atomic E-state index is -2.91. The van der Waals surface area contributed by atoms with Crippen LogP contribution in [0.15, 0.2) is 47.7 Å². The molecule has 2 N–H and O–H groups in total. The van der Waals surface area contributed by atoms with Crippen LogP contribution < -0.4 is 20.1 Å². The molecule has 0 aliphatic carbocycles. The van der Waals surface area contributed by atoms with Gasteiger partial charge in [0.1, 0.15) is 17.1 Å².